The molecular formula is C21H29N3O2S. The van der Waals surface area contributed by atoms with E-state index in [4.69, 9.17) is 5.73 Å². The lowest BCUT2D eigenvalue weighted by Gasteiger charge is -2.26. The zero-order chi connectivity index (χ0) is 19.8. The second kappa shape index (κ2) is 10.2. The molecular weight excluding hydrogens is 358 g/mol. The van der Waals surface area contributed by atoms with E-state index in [0.29, 0.717) is 23.8 Å². The van der Waals surface area contributed by atoms with E-state index >= 15 is 0 Å². The minimum atomic E-state index is -0.609. The average molecular weight is 388 g/mol. The number of carbonyl (C=O) groups excluding carboxylic acids is 2. The summed E-state index contributed by atoms with van der Waals surface area (Å²) >= 11 is 1.36. The summed E-state index contributed by atoms with van der Waals surface area (Å²) in [5.74, 6) is 0.0541. The second-order valence-corrected chi connectivity index (χ2v) is 8.10. The van der Waals surface area contributed by atoms with Gasteiger partial charge in [-0.25, -0.2) is 0 Å². The van der Waals surface area contributed by atoms with Crippen molar-refractivity contribution < 1.29 is 9.59 Å². The van der Waals surface area contributed by atoms with Crippen molar-refractivity contribution in [3.8, 4) is 0 Å². The highest BCUT2D eigenvalue weighted by Crippen LogP contribution is 2.12. The zero-order valence-electron chi connectivity index (χ0n) is 16.2. The molecule has 0 aliphatic carbocycles. The van der Waals surface area contributed by atoms with E-state index in [2.05, 4.69) is 19.2 Å². The molecule has 6 heteroatoms. The van der Waals surface area contributed by atoms with Gasteiger partial charge in [0.1, 0.15) is 6.04 Å². The molecule has 1 aromatic carbocycles. The summed E-state index contributed by atoms with van der Waals surface area (Å²) in [6.07, 6.45) is 1.19. The number of likely N-dealkylation sites (N-methyl/N-ethyl adjacent to an activating group) is 1. The fourth-order valence-electron chi connectivity index (χ4n) is 2.74. The van der Waals surface area contributed by atoms with Gasteiger partial charge < -0.3 is 16.0 Å². The first-order chi connectivity index (χ1) is 12.9. The molecule has 1 heterocycles. The van der Waals surface area contributed by atoms with Gasteiger partial charge in [0.05, 0.1) is 4.88 Å². The Labute approximate surface area is 165 Å². The number of nitrogens with zero attached hydrogens (tertiary/aromatic N) is 1. The number of amides is 2. The van der Waals surface area contributed by atoms with E-state index in [-0.39, 0.29) is 17.9 Å². The van der Waals surface area contributed by atoms with Crippen LogP contribution in [-0.2, 0) is 11.2 Å². The van der Waals surface area contributed by atoms with Crippen LogP contribution in [-0.4, -0.2) is 42.4 Å². The van der Waals surface area contributed by atoms with Crippen molar-refractivity contribution in [2.45, 2.75) is 38.8 Å². The first kappa shape index (κ1) is 21.1. The van der Waals surface area contributed by atoms with Crippen LogP contribution in [0.1, 0.15) is 35.5 Å². The molecule has 0 radical (unpaired) electrons. The molecule has 0 fully saturated rings. The van der Waals surface area contributed by atoms with Crippen LogP contribution >= 0.6 is 11.3 Å². The molecule has 2 amide bonds. The third kappa shape index (κ3) is 6.48. The lowest BCUT2D eigenvalue weighted by molar-refractivity contribution is -0.132. The maximum absolute atomic E-state index is 13.0. The van der Waals surface area contributed by atoms with E-state index in [1.807, 2.05) is 41.8 Å². The largest absolute Gasteiger partial charge is 0.344 e. The molecule has 0 aliphatic heterocycles. The number of thiophene rings is 1. The van der Waals surface area contributed by atoms with E-state index in [1.54, 1.807) is 18.0 Å². The third-order valence-corrected chi connectivity index (χ3v) is 5.53. The van der Waals surface area contributed by atoms with Crippen LogP contribution < -0.4 is 11.1 Å². The molecule has 0 aliphatic rings. The summed E-state index contributed by atoms with van der Waals surface area (Å²) < 4.78 is 0. The molecule has 3 N–H and O–H groups in total. The zero-order valence-corrected chi connectivity index (χ0v) is 17.0. The predicted octanol–water partition coefficient (Wildman–Crippen LogP) is 2.92. The quantitative estimate of drug-likeness (QED) is 0.695. The van der Waals surface area contributed by atoms with Gasteiger partial charge in [-0.05, 0) is 29.3 Å². The standard InChI is InChI=1S/C21H29N3O2S/c1-15(2)17(22)11-12-24(3)21(26)18(14-16-8-5-4-6-9-16)23-20(25)19-10-7-13-27-19/h4-10,13,15,17-18H,11-12,14,22H2,1-3H3,(H,23,25). The number of nitrogens with two attached hydrogens (primary N) is 1. The van der Waals surface area contributed by atoms with Crippen molar-refractivity contribution in [2.24, 2.45) is 11.7 Å². The van der Waals surface area contributed by atoms with E-state index in [9.17, 15) is 9.59 Å². The first-order valence-corrected chi connectivity index (χ1v) is 10.1. The van der Waals surface area contributed by atoms with Crippen LogP contribution in [0.2, 0.25) is 0 Å². The van der Waals surface area contributed by atoms with Gasteiger partial charge in [-0.3, -0.25) is 9.59 Å². The molecule has 0 spiro atoms. The van der Waals surface area contributed by atoms with Gasteiger partial charge in [0.2, 0.25) is 5.91 Å². The molecule has 2 rings (SSSR count). The lowest BCUT2D eigenvalue weighted by Crippen LogP contribution is -2.49. The normalized spacial score (nSPS) is 13.2. The monoisotopic (exact) mass is 387 g/mol. The van der Waals surface area contributed by atoms with Crippen LogP contribution in [0.15, 0.2) is 47.8 Å². The molecule has 2 atom stereocenters. The Hall–Kier alpha value is -2.18. The molecule has 2 unspecified atom stereocenters. The van der Waals surface area contributed by atoms with Crippen molar-refractivity contribution in [1.29, 1.82) is 0 Å². The van der Waals surface area contributed by atoms with Crippen LogP contribution in [0.4, 0.5) is 0 Å². The Kier molecular flexibility index (Phi) is 8.00. The van der Waals surface area contributed by atoms with Gasteiger partial charge in [0, 0.05) is 26.1 Å². The Bertz CT molecular complexity index is 716. The number of hydrogen-bond acceptors (Lipinski definition) is 4. The van der Waals surface area contributed by atoms with Crippen LogP contribution in [0.5, 0.6) is 0 Å². The summed E-state index contributed by atoms with van der Waals surface area (Å²) in [6, 6.07) is 12.8. The topological polar surface area (TPSA) is 75.4 Å². The smallest absolute Gasteiger partial charge is 0.262 e. The fraction of sp³-hybridized carbons (Fsp3) is 0.429. The first-order valence-electron chi connectivity index (χ1n) is 9.27. The highest BCUT2D eigenvalue weighted by molar-refractivity contribution is 7.12. The fourth-order valence-corrected chi connectivity index (χ4v) is 3.37. The number of benzene rings is 1. The minimum Gasteiger partial charge on any atom is -0.344 e. The van der Waals surface area contributed by atoms with Crippen LogP contribution in [0.3, 0.4) is 0 Å². The summed E-state index contributed by atoms with van der Waals surface area (Å²) in [7, 11) is 1.77. The van der Waals surface area contributed by atoms with Gasteiger partial charge in [-0.2, -0.15) is 0 Å². The molecule has 5 nitrogen and oxygen atoms in total. The van der Waals surface area contributed by atoms with E-state index in [0.717, 1.165) is 12.0 Å². The third-order valence-electron chi connectivity index (χ3n) is 4.66. The molecule has 0 saturated heterocycles. The number of rotatable bonds is 9. The highest BCUT2D eigenvalue weighted by Gasteiger charge is 2.25. The maximum atomic E-state index is 13.0. The Balaban J connectivity index is 2.07. The van der Waals surface area contributed by atoms with Crippen molar-refractivity contribution in [3.05, 3.63) is 58.3 Å². The molecule has 27 heavy (non-hydrogen) atoms. The van der Waals surface area contributed by atoms with Crippen molar-refractivity contribution in [2.75, 3.05) is 13.6 Å². The number of nitrogens with one attached hydrogen (secondary N) is 1. The Morgan fingerprint density at radius 2 is 1.85 bits per heavy atom. The van der Waals surface area contributed by atoms with E-state index < -0.39 is 6.04 Å². The van der Waals surface area contributed by atoms with Gasteiger partial charge in [-0.1, -0.05) is 50.2 Å². The molecule has 1 aromatic heterocycles. The van der Waals surface area contributed by atoms with Gasteiger partial charge in [0.25, 0.3) is 5.91 Å². The van der Waals surface area contributed by atoms with Gasteiger partial charge in [-0.15, -0.1) is 11.3 Å². The molecule has 146 valence electrons. The van der Waals surface area contributed by atoms with E-state index in [1.165, 1.54) is 11.3 Å². The second-order valence-electron chi connectivity index (χ2n) is 7.15. The summed E-state index contributed by atoms with van der Waals surface area (Å²) in [4.78, 5) is 27.8. The van der Waals surface area contributed by atoms with Crippen molar-refractivity contribution >= 4 is 23.2 Å². The van der Waals surface area contributed by atoms with Crippen LogP contribution in [0, 0.1) is 5.92 Å². The maximum Gasteiger partial charge on any atom is 0.262 e. The SMILES string of the molecule is CC(C)C(N)CCN(C)C(=O)C(Cc1ccccc1)NC(=O)c1cccs1. The highest BCUT2D eigenvalue weighted by atomic mass is 32.1. The molecule has 2 aromatic rings. The molecule has 0 saturated carbocycles. The number of hydrogen-bond donors (Lipinski definition) is 2. The summed E-state index contributed by atoms with van der Waals surface area (Å²) in [5.41, 5.74) is 7.11. The van der Waals surface area contributed by atoms with Gasteiger partial charge >= 0.3 is 0 Å². The number of carbonyl (C=O) groups is 2. The van der Waals surface area contributed by atoms with Crippen molar-refractivity contribution in [3.63, 3.8) is 0 Å². The van der Waals surface area contributed by atoms with Gasteiger partial charge in [0.15, 0.2) is 0 Å². The summed E-state index contributed by atoms with van der Waals surface area (Å²) in [5, 5.41) is 4.76. The Morgan fingerprint density at radius 1 is 1.15 bits per heavy atom. The minimum absolute atomic E-state index is 0.0496. The average Bonchev–Trinajstić information content (AvgIpc) is 3.20. The predicted molar refractivity (Wildman–Crippen MR) is 111 cm³/mol. The lowest BCUT2D eigenvalue weighted by atomic mass is 10.0. The Morgan fingerprint density at radius 3 is 2.44 bits per heavy atom. The van der Waals surface area contributed by atoms with Crippen molar-refractivity contribution in [1.82, 2.24) is 10.2 Å². The molecule has 0 bridgehead atoms. The summed E-state index contributed by atoms with van der Waals surface area (Å²) in [6.45, 7) is 4.72. The van der Waals surface area contributed by atoms with Crippen LogP contribution in [0.25, 0.3) is 0 Å².